The zero-order valence-electron chi connectivity index (χ0n) is 11.6. The second-order valence-corrected chi connectivity index (χ2v) is 5.85. The Morgan fingerprint density at radius 1 is 1.30 bits per heavy atom. The summed E-state index contributed by atoms with van der Waals surface area (Å²) in [6.07, 6.45) is 1.38. The van der Waals surface area contributed by atoms with Gasteiger partial charge in [0.05, 0.1) is 18.1 Å². The summed E-state index contributed by atoms with van der Waals surface area (Å²) in [6, 6.07) is 2.80. The van der Waals surface area contributed by atoms with Crippen LogP contribution in [0.5, 0.6) is 0 Å². The van der Waals surface area contributed by atoms with Crippen molar-refractivity contribution in [2.24, 2.45) is 5.84 Å². The van der Waals surface area contributed by atoms with Gasteiger partial charge in [0.1, 0.15) is 5.82 Å². The summed E-state index contributed by atoms with van der Waals surface area (Å²) in [6.45, 7) is 1.10. The number of nitrogens with two attached hydrogens (primary N) is 1. The average molecular weight is 304 g/mol. The standard InChI is InChI=1S/C11H20N4O4S/c1-18-7-5-15(6-8-19-2)20(16,17)10-3-4-13-11(9-10)14-12/h3-4,9H,5-8,12H2,1-2H3,(H,13,14). The molecule has 9 heteroatoms. The van der Waals surface area contributed by atoms with E-state index in [9.17, 15) is 8.42 Å². The highest BCUT2D eigenvalue weighted by atomic mass is 32.2. The first-order valence-corrected chi connectivity index (χ1v) is 7.41. The van der Waals surface area contributed by atoms with Gasteiger partial charge in [0.15, 0.2) is 0 Å². The van der Waals surface area contributed by atoms with Crippen molar-refractivity contribution in [3.8, 4) is 0 Å². The predicted octanol–water partition coefficient (Wildman–Crippen LogP) is -0.349. The van der Waals surface area contributed by atoms with Crippen LogP contribution in [-0.4, -0.2) is 58.2 Å². The lowest BCUT2D eigenvalue weighted by molar-refractivity contribution is 0.150. The number of nitrogens with zero attached hydrogens (tertiary/aromatic N) is 2. The fourth-order valence-electron chi connectivity index (χ4n) is 1.54. The summed E-state index contributed by atoms with van der Waals surface area (Å²) in [4.78, 5) is 4.00. The van der Waals surface area contributed by atoms with E-state index in [0.717, 1.165) is 0 Å². The van der Waals surface area contributed by atoms with Crippen LogP contribution in [0.2, 0.25) is 0 Å². The highest BCUT2D eigenvalue weighted by molar-refractivity contribution is 7.89. The van der Waals surface area contributed by atoms with Crippen molar-refractivity contribution in [2.75, 3.05) is 45.9 Å². The molecule has 0 unspecified atom stereocenters. The second kappa shape index (κ2) is 8.12. The van der Waals surface area contributed by atoms with Gasteiger partial charge in [-0.15, -0.1) is 0 Å². The summed E-state index contributed by atoms with van der Waals surface area (Å²) in [5, 5.41) is 0. The van der Waals surface area contributed by atoms with Gasteiger partial charge in [-0.05, 0) is 6.07 Å². The highest BCUT2D eigenvalue weighted by Gasteiger charge is 2.24. The van der Waals surface area contributed by atoms with Crippen molar-refractivity contribution in [3.63, 3.8) is 0 Å². The van der Waals surface area contributed by atoms with Crippen LogP contribution >= 0.6 is 0 Å². The van der Waals surface area contributed by atoms with Gasteiger partial charge in [-0.2, -0.15) is 4.31 Å². The normalized spacial score (nSPS) is 11.8. The quantitative estimate of drug-likeness (QED) is 0.474. The molecule has 0 saturated carbocycles. The number of pyridine rings is 1. The maximum Gasteiger partial charge on any atom is 0.243 e. The second-order valence-electron chi connectivity index (χ2n) is 3.91. The summed E-state index contributed by atoms with van der Waals surface area (Å²) >= 11 is 0. The first-order chi connectivity index (χ1) is 9.56. The first-order valence-electron chi connectivity index (χ1n) is 5.97. The number of nitrogens with one attached hydrogen (secondary N) is 1. The van der Waals surface area contributed by atoms with E-state index >= 15 is 0 Å². The molecule has 20 heavy (non-hydrogen) atoms. The minimum Gasteiger partial charge on any atom is -0.383 e. The van der Waals surface area contributed by atoms with Crippen molar-refractivity contribution in [2.45, 2.75) is 4.90 Å². The molecule has 1 rings (SSSR count). The van der Waals surface area contributed by atoms with Crippen LogP contribution in [0.4, 0.5) is 5.82 Å². The number of hydrogen-bond acceptors (Lipinski definition) is 7. The lowest BCUT2D eigenvalue weighted by Crippen LogP contribution is -2.36. The van der Waals surface area contributed by atoms with E-state index < -0.39 is 10.0 Å². The lowest BCUT2D eigenvalue weighted by atomic mass is 10.5. The Morgan fingerprint density at radius 2 is 1.90 bits per heavy atom. The minimum absolute atomic E-state index is 0.118. The highest BCUT2D eigenvalue weighted by Crippen LogP contribution is 2.17. The molecule has 0 aliphatic heterocycles. The van der Waals surface area contributed by atoms with Gasteiger partial charge in [0, 0.05) is 39.6 Å². The molecule has 0 bridgehead atoms. The van der Waals surface area contributed by atoms with Gasteiger partial charge in [-0.3, -0.25) is 0 Å². The molecule has 0 aromatic carbocycles. The van der Waals surface area contributed by atoms with Crippen LogP contribution in [-0.2, 0) is 19.5 Å². The number of hydrazine groups is 1. The number of sulfonamides is 1. The largest absolute Gasteiger partial charge is 0.383 e. The number of anilines is 1. The van der Waals surface area contributed by atoms with Crippen molar-refractivity contribution in [3.05, 3.63) is 18.3 Å². The van der Waals surface area contributed by atoms with Crippen LogP contribution in [0.1, 0.15) is 0 Å². The van der Waals surface area contributed by atoms with E-state index in [-0.39, 0.29) is 23.8 Å². The summed E-state index contributed by atoms with van der Waals surface area (Å²) in [7, 11) is -0.605. The number of ether oxygens (including phenoxy) is 2. The van der Waals surface area contributed by atoms with Crippen LogP contribution < -0.4 is 11.3 Å². The molecule has 0 aliphatic carbocycles. The number of rotatable bonds is 9. The monoisotopic (exact) mass is 304 g/mol. The van der Waals surface area contributed by atoms with E-state index in [1.807, 2.05) is 0 Å². The number of hydrogen-bond donors (Lipinski definition) is 2. The zero-order chi connectivity index (χ0) is 15.0. The van der Waals surface area contributed by atoms with Gasteiger partial charge >= 0.3 is 0 Å². The van der Waals surface area contributed by atoms with Gasteiger partial charge in [0.2, 0.25) is 10.0 Å². The molecule has 1 heterocycles. The number of aromatic nitrogens is 1. The van der Waals surface area contributed by atoms with Crippen LogP contribution in [0.3, 0.4) is 0 Å². The van der Waals surface area contributed by atoms with Crippen LogP contribution in [0.25, 0.3) is 0 Å². The maximum atomic E-state index is 12.5. The van der Waals surface area contributed by atoms with Crippen LogP contribution in [0, 0.1) is 0 Å². The van der Waals surface area contributed by atoms with Crippen molar-refractivity contribution in [1.29, 1.82) is 0 Å². The zero-order valence-corrected chi connectivity index (χ0v) is 12.4. The molecular weight excluding hydrogens is 284 g/mol. The molecule has 114 valence electrons. The molecule has 0 spiro atoms. The third-order valence-electron chi connectivity index (χ3n) is 2.61. The Bertz CT molecular complexity index is 501. The van der Waals surface area contributed by atoms with Crippen molar-refractivity contribution < 1.29 is 17.9 Å². The van der Waals surface area contributed by atoms with E-state index in [2.05, 4.69) is 10.4 Å². The molecule has 1 aromatic heterocycles. The van der Waals surface area contributed by atoms with Crippen LogP contribution in [0.15, 0.2) is 23.2 Å². The summed E-state index contributed by atoms with van der Waals surface area (Å²) in [5.41, 5.74) is 2.32. The first kappa shape index (κ1) is 16.8. The van der Waals surface area contributed by atoms with Crippen molar-refractivity contribution >= 4 is 15.8 Å². The van der Waals surface area contributed by atoms with E-state index in [4.69, 9.17) is 15.3 Å². The van der Waals surface area contributed by atoms with E-state index in [0.29, 0.717) is 13.2 Å². The predicted molar refractivity (Wildman–Crippen MR) is 74.6 cm³/mol. The molecule has 0 atom stereocenters. The Balaban J connectivity index is 3.00. The number of methoxy groups -OCH3 is 2. The van der Waals surface area contributed by atoms with Gasteiger partial charge in [-0.1, -0.05) is 0 Å². The third-order valence-corrected chi connectivity index (χ3v) is 4.50. The SMILES string of the molecule is COCCN(CCOC)S(=O)(=O)c1ccnc(NN)c1. The fraction of sp³-hybridized carbons (Fsp3) is 0.545. The maximum absolute atomic E-state index is 12.5. The molecule has 0 fully saturated rings. The average Bonchev–Trinajstić information content (AvgIpc) is 2.47. The molecular formula is C11H20N4O4S. The smallest absolute Gasteiger partial charge is 0.243 e. The Hall–Kier alpha value is -1.26. The Kier molecular flexibility index (Phi) is 6.82. The summed E-state index contributed by atoms with van der Waals surface area (Å²) in [5.74, 6) is 5.52. The molecule has 1 aromatic rings. The van der Waals surface area contributed by atoms with Crippen molar-refractivity contribution in [1.82, 2.24) is 9.29 Å². The van der Waals surface area contributed by atoms with Gasteiger partial charge in [-0.25, -0.2) is 19.2 Å². The molecule has 0 amide bonds. The molecule has 0 radical (unpaired) electrons. The Morgan fingerprint density at radius 3 is 2.40 bits per heavy atom. The Labute approximate surface area is 118 Å². The molecule has 0 saturated heterocycles. The summed E-state index contributed by atoms with van der Waals surface area (Å²) < 4.78 is 36.2. The molecule has 8 nitrogen and oxygen atoms in total. The van der Waals surface area contributed by atoms with Gasteiger partial charge in [0.25, 0.3) is 0 Å². The van der Waals surface area contributed by atoms with Gasteiger partial charge < -0.3 is 14.9 Å². The minimum atomic E-state index is -3.64. The van der Waals surface area contributed by atoms with E-state index in [1.165, 1.54) is 36.9 Å². The van der Waals surface area contributed by atoms with E-state index in [1.54, 1.807) is 0 Å². The third kappa shape index (κ3) is 4.39. The topological polar surface area (TPSA) is 107 Å². The number of nitrogen functional groups attached to an aromatic ring is 1. The fourth-order valence-corrected chi connectivity index (χ4v) is 2.96. The molecule has 0 aliphatic rings. The molecule has 3 N–H and O–H groups in total. The lowest BCUT2D eigenvalue weighted by Gasteiger charge is -2.21.